The second-order valence-corrected chi connectivity index (χ2v) is 6.70. The van der Waals surface area contributed by atoms with Crippen LogP contribution < -0.4 is 0 Å². The van der Waals surface area contributed by atoms with Crippen LogP contribution in [0.25, 0.3) is 0 Å². The largest absolute Gasteiger partial charge is 0.198 e. The molecule has 3 unspecified atom stereocenters. The van der Waals surface area contributed by atoms with Crippen LogP contribution in [-0.4, -0.2) is 4.87 Å². The van der Waals surface area contributed by atoms with E-state index in [0.717, 1.165) is 25.2 Å². The van der Waals surface area contributed by atoms with Gasteiger partial charge in [-0.05, 0) is 56.8 Å². The zero-order chi connectivity index (χ0) is 9.97. The van der Waals surface area contributed by atoms with E-state index in [2.05, 4.69) is 13.0 Å². The molecule has 0 saturated heterocycles. The highest BCUT2D eigenvalue weighted by molar-refractivity contribution is 6.24. The van der Waals surface area contributed by atoms with Crippen molar-refractivity contribution in [2.24, 2.45) is 23.2 Å². The summed E-state index contributed by atoms with van der Waals surface area (Å²) >= 11 is 6.64. The van der Waals surface area contributed by atoms with Gasteiger partial charge in [0.15, 0.2) is 0 Å². The summed E-state index contributed by atoms with van der Waals surface area (Å²) in [5.74, 6) is 2.02. The van der Waals surface area contributed by atoms with Crippen molar-refractivity contribution in [3.8, 4) is 6.07 Å². The monoisotopic (exact) mass is 209 g/mol. The van der Waals surface area contributed by atoms with Gasteiger partial charge in [0, 0.05) is 4.87 Å². The zero-order valence-corrected chi connectivity index (χ0v) is 9.35. The van der Waals surface area contributed by atoms with Gasteiger partial charge in [0.25, 0.3) is 0 Å². The maximum atomic E-state index is 9.31. The summed E-state index contributed by atoms with van der Waals surface area (Å²) in [5, 5.41) is 9.31. The third-order valence-corrected chi connectivity index (χ3v) is 5.64. The first-order valence-corrected chi connectivity index (χ1v) is 6.04. The van der Waals surface area contributed by atoms with Crippen molar-refractivity contribution in [1.82, 2.24) is 0 Å². The summed E-state index contributed by atoms with van der Waals surface area (Å²) in [6.45, 7) is 2.20. The Morgan fingerprint density at radius 2 is 1.79 bits per heavy atom. The molecule has 0 N–H and O–H groups in total. The van der Waals surface area contributed by atoms with Gasteiger partial charge in [-0.15, -0.1) is 11.6 Å². The molecule has 0 amide bonds. The van der Waals surface area contributed by atoms with E-state index in [9.17, 15) is 5.26 Å². The highest BCUT2D eigenvalue weighted by Gasteiger charge is 2.59. The topological polar surface area (TPSA) is 23.8 Å². The van der Waals surface area contributed by atoms with E-state index < -0.39 is 0 Å². The second-order valence-electron chi connectivity index (χ2n) is 5.89. The zero-order valence-electron chi connectivity index (χ0n) is 8.59. The van der Waals surface area contributed by atoms with E-state index in [1.807, 2.05) is 0 Å². The molecule has 0 aromatic heterocycles. The van der Waals surface area contributed by atoms with E-state index >= 15 is 0 Å². The lowest BCUT2D eigenvalue weighted by molar-refractivity contribution is -0.0476. The first-order chi connectivity index (χ1) is 6.56. The Morgan fingerprint density at radius 3 is 2.29 bits per heavy atom. The molecule has 0 spiro atoms. The van der Waals surface area contributed by atoms with Crippen molar-refractivity contribution in [2.45, 2.75) is 43.9 Å². The molecule has 4 bridgehead atoms. The minimum atomic E-state index is -0.00271. The summed E-state index contributed by atoms with van der Waals surface area (Å²) < 4.78 is 0. The van der Waals surface area contributed by atoms with Gasteiger partial charge in [-0.2, -0.15) is 5.26 Å². The third-order valence-electron chi connectivity index (χ3n) is 5.02. The Kier molecular flexibility index (Phi) is 1.60. The number of alkyl halides is 1. The van der Waals surface area contributed by atoms with Gasteiger partial charge < -0.3 is 0 Å². The smallest absolute Gasteiger partial charge is 0.0690 e. The summed E-state index contributed by atoms with van der Waals surface area (Å²) in [7, 11) is 0. The Balaban J connectivity index is 2.01. The van der Waals surface area contributed by atoms with Gasteiger partial charge in [0.1, 0.15) is 0 Å². The Labute approximate surface area is 90.4 Å². The molecule has 14 heavy (non-hydrogen) atoms. The number of hydrogen-bond acceptors (Lipinski definition) is 1. The van der Waals surface area contributed by atoms with Crippen LogP contribution in [-0.2, 0) is 0 Å². The quantitative estimate of drug-likeness (QED) is 0.562. The van der Waals surface area contributed by atoms with Gasteiger partial charge in [-0.25, -0.2) is 0 Å². The summed E-state index contributed by atoms with van der Waals surface area (Å²) in [4.78, 5) is -0.00271. The molecule has 0 aromatic rings. The number of nitrogens with zero attached hydrogens (tertiary/aromatic N) is 1. The van der Waals surface area contributed by atoms with Crippen LogP contribution in [0.5, 0.6) is 0 Å². The first-order valence-electron chi connectivity index (χ1n) is 5.66. The van der Waals surface area contributed by atoms with Crippen LogP contribution in [0.4, 0.5) is 0 Å². The fourth-order valence-electron chi connectivity index (χ4n) is 4.31. The van der Waals surface area contributed by atoms with Crippen molar-refractivity contribution in [3.05, 3.63) is 0 Å². The number of halogens is 1. The van der Waals surface area contributed by atoms with Gasteiger partial charge in [0.2, 0.25) is 0 Å². The third kappa shape index (κ3) is 0.959. The van der Waals surface area contributed by atoms with E-state index in [4.69, 9.17) is 11.6 Å². The fraction of sp³-hybridized carbons (Fsp3) is 0.917. The average Bonchev–Trinajstić information content (AvgIpc) is 2.14. The van der Waals surface area contributed by atoms with Crippen molar-refractivity contribution in [2.75, 3.05) is 0 Å². The highest BCUT2D eigenvalue weighted by Crippen LogP contribution is 2.65. The van der Waals surface area contributed by atoms with Gasteiger partial charge >= 0.3 is 0 Å². The number of hydrogen-bond donors (Lipinski definition) is 0. The lowest BCUT2D eigenvalue weighted by Gasteiger charge is -2.60. The van der Waals surface area contributed by atoms with Crippen LogP contribution in [0.15, 0.2) is 0 Å². The molecule has 0 aromatic carbocycles. The summed E-state index contributed by atoms with van der Waals surface area (Å²) in [6, 6.07) is 2.59. The molecule has 4 rings (SSSR count). The van der Waals surface area contributed by atoms with Crippen molar-refractivity contribution in [3.63, 3.8) is 0 Å². The van der Waals surface area contributed by atoms with Gasteiger partial charge in [0.05, 0.1) is 11.5 Å². The molecular weight excluding hydrogens is 194 g/mol. The minimum Gasteiger partial charge on any atom is -0.198 e. The highest BCUT2D eigenvalue weighted by atomic mass is 35.5. The first kappa shape index (κ1) is 9.04. The SMILES string of the molecule is CC1(Cl)[C@@H]2CC3C[C@H]1CC(C#N)(C3)C2. The molecule has 5 atom stereocenters. The van der Waals surface area contributed by atoms with Crippen LogP contribution in [0.3, 0.4) is 0 Å². The Morgan fingerprint density at radius 1 is 1.21 bits per heavy atom. The summed E-state index contributed by atoms with van der Waals surface area (Å²) in [5.41, 5.74) is 0.0188. The fourth-order valence-corrected chi connectivity index (χ4v) is 4.64. The average molecular weight is 210 g/mol. The number of rotatable bonds is 0. The molecule has 4 aliphatic carbocycles. The van der Waals surface area contributed by atoms with Gasteiger partial charge in [-0.1, -0.05) is 0 Å². The van der Waals surface area contributed by atoms with Crippen molar-refractivity contribution < 1.29 is 0 Å². The molecule has 0 heterocycles. The Hall–Kier alpha value is -0.220. The van der Waals surface area contributed by atoms with E-state index in [-0.39, 0.29) is 10.3 Å². The van der Waals surface area contributed by atoms with Crippen molar-refractivity contribution >= 4 is 11.6 Å². The minimum absolute atomic E-state index is 0.00271. The molecule has 2 heteroatoms. The Bertz CT molecular complexity index is 297. The van der Waals surface area contributed by atoms with Crippen LogP contribution in [0.1, 0.15) is 39.0 Å². The lowest BCUT2D eigenvalue weighted by Crippen LogP contribution is -2.56. The number of nitriles is 1. The molecule has 0 aliphatic heterocycles. The maximum absolute atomic E-state index is 9.31. The molecule has 4 fully saturated rings. The van der Waals surface area contributed by atoms with E-state index in [0.29, 0.717) is 11.8 Å². The maximum Gasteiger partial charge on any atom is 0.0690 e. The molecule has 76 valence electrons. The molecular formula is C12H16ClN. The normalized spacial score (nSPS) is 59.9. The molecule has 0 radical (unpaired) electrons. The van der Waals surface area contributed by atoms with Gasteiger partial charge in [-0.3, -0.25) is 0 Å². The predicted molar refractivity (Wildman–Crippen MR) is 55.9 cm³/mol. The van der Waals surface area contributed by atoms with Crippen LogP contribution >= 0.6 is 11.6 Å². The van der Waals surface area contributed by atoms with Crippen LogP contribution in [0, 0.1) is 34.5 Å². The second kappa shape index (κ2) is 2.47. The lowest BCUT2D eigenvalue weighted by atomic mass is 9.46. The van der Waals surface area contributed by atoms with E-state index in [1.54, 1.807) is 0 Å². The predicted octanol–water partition coefficient (Wildman–Crippen LogP) is 3.33. The standard InChI is InChI=1S/C12H16ClN/c1-11(13)9-2-8-3-10(11)6-12(4-8,5-9)7-14/h8-10H,2-6H2,1H3/t8?,9-,10+,11?,12?. The molecule has 1 nitrogen and oxygen atoms in total. The van der Waals surface area contributed by atoms with E-state index in [1.165, 1.54) is 12.8 Å². The summed E-state index contributed by atoms with van der Waals surface area (Å²) in [6.07, 6.45) is 5.84. The van der Waals surface area contributed by atoms with Crippen LogP contribution in [0.2, 0.25) is 0 Å². The van der Waals surface area contributed by atoms with Crippen molar-refractivity contribution in [1.29, 1.82) is 5.26 Å². The molecule has 4 saturated carbocycles. The molecule has 4 aliphatic rings.